The Morgan fingerprint density at radius 2 is 1.80 bits per heavy atom. The van der Waals surface area contributed by atoms with E-state index < -0.39 is 28.6 Å². The quantitative estimate of drug-likeness (QED) is 0.431. The normalized spacial score (nSPS) is 20.3. The molecule has 3 aliphatic heterocycles. The molecule has 1 spiro atoms. The van der Waals surface area contributed by atoms with Crippen molar-refractivity contribution < 1.29 is 22.7 Å². The molecule has 10 nitrogen and oxygen atoms in total. The van der Waals surface area contributed by atoms with E-state index >= 15 is 0 Å². The number of carbonyl (C=O) groups excluding carboxylic acids is 1. The van der Waals surface area contributed by atoms with E-state index in [4.69, 9.17) is 10.1 Å². The Hall–Kier alpha value is -3.12. The molecule has 4 aliphatic rings. The molecule has 41 heavy (non-hydrogen) atoms. The smallest absolute Gasteiger partial charge is 0.258 e. The lowest BCUT2D eigenvalue weighted by Gasteiger charge is -2.35. The number of sulfonamides is 1. The van der Waals surface area contributed by atoms with E-state index in [-0.39, 0.29) is 5.91 Å². The maximum Gasteiger partial charge on any atom is 0.258 e. The predicted octanol–water partition coefficient (Wildman–Crippen LogP) is 3.38. The summed E-state index contributed by atoms with van der Waals surface area (Å²) in [6.45, 7) is 3.14. The van der Waals surface area contributed by atoms with Crippen LogP contribution in [-0.4, -0.2) is 82.7 Å². The minimum Gasteiger partial charge on any atom is -0.395 e. The van der Waals surface area contributed by atoms with E-state index in [0.29, 0.717) is 54.1 Å². The van der Waals surface area contributed by atoms with Gasteiger partial charge in [0.1, 0.15) is 12.0 Å². The maximum absolute atomic E-state index is 13.9. The van der Waals surface area contributed by atoms with Crippen LogP contribution >= 0.6 is 0 Å². The van der Waals surface area contributed by atoms with Crippen LogP contribution in [0, 0.1) is 5.41 Å². The molecule has 3 N–H and O–H groups in total. The van der Waals surface area contributed by atoms with E-state index in [9.17, 15) is 17.6 Å². The van der Waals surface area contributed by atoms with Crippen LogP contribution in [0.5, 0.6) is 0 Å². The Labute approximate surface area is 241 Å². The molecule has 6 rings (SSSR count). The number of fused-ring (bicyclic) bond motifs is 1. The van der Waals surface area contributed by atoms with Gasteiger partial charge in [-0.3, -0.25) is 9.52 Å². The monoisotopic (exact) mass is 586 g/mol. The lowest BCUT2D eigenvalue weighted by molar-refractivity contribution is 0.102. The largest absolute Gasteiger partial charge is 0.395 e. The van der Waals surface area contributed by atoms with Gasteiger partial charge in [-0.1, -0.05) is 0 Å². The number of anilines is 5. The van der Waals surface area contributed by atoms with Crippen molar-refractivity contribution in [1.82, 2.24) is 4.98 Å². The fourth-order valence-corrected chi connectivity index (χ4v) is 7.24. The van der Waals surface area contributed by atoms with E-state index in [0.717, 1.165) is 56.0 Å². The van der Waals surface area contributed by atoms with Crippen molar-refractivity contribution >= 4 is 44.6 Å². The van der Waals surface area contributed by atoms with Crippen LogP contribution < -0.4 is 24.7 Å². The second-order valence-electron chi connectivity index (χ2n) is 12.0. The van der Waals surface area contributed by atoms with Gasteiger partial charge in [0.05, 0.1) is 35.0 Å². The minimum absolute atomic E-state index is 0.316. The van der Waals surface area contributed by atoms with Gasteiger partial charge in [-0.25, -0.2) is 17.8 Å². The molecule has 1 aromatic heterocycles. The molecule has 3 fully saturated rings. The molecule has 1 amide bonds. The van der Waals surface area contributed by atoms with Crippen molar-refractivity contribution in [1.29, 1.82) is 0 Å². The number of hydrogen-bond acceptors (Lipinski definition) is 8. The molecule has 2 saturated heterocycles. The number of hydrogen-bond donors (Lipinski definition) is 3. The van der Waals surface area contributed by atoms with Crippen LogP contribution in [0.2, 0.25) is 0 Å². The molecular formula is C29H39FN6O4S. The first-order chi connectivity index (χ1) is 19.7. The highest BCUT2D eigenvalue weighted by Gasteiger charge is 2.44. The second kappa shape index (κ2) is 10.9. The number of aromatic nitrogens is 1. The van der Waals surface area contributed by atoms with E-state index in [2.05, 4.69) is 24.7 Å². The predicted molar refractivity (Wildman–Crippen MR) is 160 cm³/mol. The zero-order valence-electron chi connectivity index (χ0n) is 23.5. The summed E-state index contributed by atoms with van der Waals surface area (Å²) in [7, 11) is -1.68. The zero-order valence-corrected chi connectivity index (χ0v) is 24.3. The van der Waals surface area contributed by atoms with Gasteiger partial charge in [0, 0.05) is 39.8 Å². The second-order valence-corrected chi connectivity index (χ2v) is 13.8. The first kappa shape index (κ1) is 28.0. The number of benzene rings is 1. The van der Waals surface area contributed by atoms with Crippen molar-refractivity contribution in [2.45, 2.75) is 51.1 Å². The number of amides is 1. The highest BCUT2D eigenvalue weighted by atomic mass is 32.2. The van der Waals surface area contributed by atoms with Crippen LogP contribution in [0.15, 0.2) is 24.3 Å². The van der Waals surface area contributed by atoms with Gasteiger partial charge >= 0.3 is 0 Å². The van der Waals surface area contributed by atoms with Crippen molar-refractivity contribution in [2.24, 2.45) is 5.41 Å². The summed E-state index contributed by atoms with van der Waals surface area (Å²) >= 11 is 0. The first-order valence-electron chi connectivity index (χ1n) is 14.6. The molecule has 12 heteroatoms. The molecule has 1 aromatic carbocycles. The molecular weight excluding hydrogens is 547 g/mol. The topological polar surface area (TPSA) is 118 Å². The maximum atomic E-state index is 13.9. The Balaban J connectivity index is 1.29. The van der Waals surface area contributed by atoms with Gasteiger partial charge in [-0.2, -0.15) is 0 Å². The molecule has 0 unspecified atom stereocenters. The molecule has 1 aliphatic carbocycles. The Morgan fingerprint density at radius 3 is 2.49 bits per heavy atom. The van der Waals surface area contributed by atoms with Crippen molar-refractivity contribution in [3.05, 3.63) is 35.4 Å². The number of nitrogens with zero attached hydrogens (tertiary/aromatic N) is 4. The number of piperidine rings is 2. The van der Waals surface area contributed by atoms with Gasteiger partial charge < -0.3 is 25.1 Å². The summed E-state index contributed by atoms with van der Waals surface area (Å²) in [6.07, 6.45) is 5.57. The lowest BCUT2D eigenvalue weighted by atomic mass is 9.93. The van der Waals surface area contributed by atoms with Crippen molar-refractivity contribution in [3.63, 3.8) is 0 Å². The van der Waals surface area contributed by atoms with Gasteiger partial charge in [0.25, 0.3) is 5.91 Å². The minimum atomic E-state index is -3.71. The molecule has 0 atom stereocenters. The first-order valence-corrected chi connectivity index (χ1v) is 16.3. The summed E-state index contributed by atoms with van der Waals surface area (Å²) in [6, 6.07) is 6.87. The highest BCUT2D eigenvalue weighted by Crippen LogP contribution is 2.54. The van der Waals surface area contributed by atoms with Crippen LogP contribution in [0.25, 0.3) is 0 Å². The number of aliphatic hydroxyl groups excluding tert-OH is 1. The zero-order chi connectivity index (χ0) is 28.8. The number of halogens is 1. The average Bonchev–Trinajstić information content (AvgIpc) is 3.59. The number of pyridine rings is 1. The fraction of sp³-hybridized carbons (Fsp3) is 0.586. The molecule has 1 saturated carbocycles. The molecule has 0 bridgehead atoms. The number of alkyl halides is 1. The Bertz CT molecular complexity index is 1410. The summed E-state index contributed by atoms with van der Waals surface area (Å²) in [5.74, 6) is 0.519. The fourth-order valence-electron chi connectivity index (χ4n) is 6.41. The van der Waals surface area contributed by atoms with E-state index in [1.807, 2.05) is 13.1 Å². The Kier molecular flexibility index (Phi) is 7.48. The highest BCUT2D eigenvalue weighted by molar-refractivity contribution is 7.92. The van der Waals surface area contributed by atoms with Gasteiger partial charge in [-0.05, 0) is 80.2 Å². The third-order valence-electron chi connectivity index (χ3n) is 9.11. The number of nitrogens with one attached hydrogen (secondary N) is 2. The van der Waals surface area contributed by atoms with Crippen LogP contribution in [0.3, 0.4) is 0 Å². The van der Waals surface area contributed by atoms with Gasteiger partial charge in [0.15, 0.2) is 5.82 Å². The number of carbonyl (C=O) groups is 1. The third kappa shape index (κ3) is 5.94. The molecule has 0 radical (unpaired) electrons. The standard InChI is InChI=1S/C29H39FN6O4S/c1-34-11-4-20-18-25(31-27(26(20)34)36-12-5-21(30)6-13-36)32-28(38)23-3-2-22(33-41(39,40)17-16-37)19-24(23)35-14-9-29(7-8-29)10-15-35/h2-3,18-19,21,33,37H,4-17H2,1H3,(H,31,32,38). The summed E-state index contributed by atoms with van der Waals surface area (Å²) in [5, 5.41) is 12.1. The van der Waals surface area contributed by atoms with Crippen LogP contribution in [0.4, 0.5) is 33.1 Å². The summed E-state index contributed by atoms with van der Waals surface area (Å²) in [5.41, 5.74) is 4.06. The van der Waals surface area contributed by atoms with Crippen LogP contribution in [0.1, 0.15) is 54.4 Å². The van der Waals surface area contributed by atoms with Crippen molar-refractivity contribution in [2.75, 3.05) is 76.9 Å². The summed E-state index contributed by atoms with van der Waals surface area (Å²) < 4.78 is 41.1. The van der Waals surface area contributed by atoms with Gasteiger partial charge in [0.2, 0.25) is 10.0 Å². The molecule has 2 aromatic rings. The van der Waals surface area contributed by atoms with Gasteiger partial charge in [-0.15, -0.1) is 0 Å². The lowest BCUT2D eigenvalue weighted by Crippen LogP contribution is -2.36. The number of rotatable bonds is 8. The van der Waals surface area contributed by atoms with Crippen LogP contribution in [-0.2, 0) is 16.4 Å². The SMILES string of the molecule is CN1CCc2cc(NC(=O)c3ccc(NS(=O)(=O)CCO)cc3N3CCC4(CC3)CC4)nc(N3CCC(F)CC3)c21. The summed E-state index contributed by atoms with van der Waals surface area (Å²) in [4.78, 5) is 25.1. The number of likely N-dealkylation sites (N-methyl/N-ethyl adjacent to an activating group) is 1. The van der Waals surface area contributed by atoms with E-state index in [1.165, 1.54) is 12.8 Å². The third-order valence-corrected chi connectivity index (χ3v) is 10.4. The number of aliphatic hydroxyl groups is 1. The molecule has 222 valence electrons. The van der Waals surface area contributed by atoms with Crippen molar-refractivity contribution in [3.8, 4) is 0 Å². The Morgan fingerprint density at radius 1 is 1.07 bits per heavy atom. The van der Waals surface area contributed by atoms with E-state index in [1.54, 1.807) is 18.2 Å². The average molecular weight is 587 g/mol. The molecule has 4 heterocycles.